The second-order valence-electron chi connectivity index (χ2n) is 2.37. The standard InChI is InChI=1S/C7H5N2O4/c1-5-6(8(10)11)3-2-4-7(5)9(12)13/h3-4H,1H3. The molecule has 0 saturated heterocycles. The number of nitrogens with zero attached hydrogens (tertiary/aromatic N) is 2. The van der Waals surface area contributed by atoms with Crippen LogP contribution in [0.5, 0.6) is 0 Å². The Morgan fingerprint density at radius 1 is 1.15 bits per heavy atom. The molecular formula is C7H5N2O4. The van der Waals surface area contributed by atoms with Crippen LogP contribution in [0.15, 0.2) is 12.1 Å². The summed E-state index contributed by atoms with van der Waals surface area (Å²) in [5, 5.41) is 20.7. The molecular weight excluding hydrogens is 176 g/mol. The summed E-state index contributed by atoms with van der Waals surface area (Å²) in [7, 11) is 0. The minimum Gasteiger partial charge on any atom is -0.258 e. The monoisotopic (exact) mass is 181 g/mol. The molecule has 6 nitrogen and oxygen atoms in total. The molecule has 0 N–H and O–H groups in total. The van der Waals surface area contributed by atoms with Gasteiger partial charge >= 0.3 is 0 Å². The lowest BCUT2D eigenvalue weighted by molar-refractivity contribution is -0.395. The lowest BCUT2D eigenvalue weighted by Crippen LogP contribution is -1.96. The van der Waals surface area contributed by atoms with E-state index in [0.717, 1.165) is 12.1 Å². The predicted molar refractivity (Wildman–Crippen MR) is 43.3 cm³/mol. The molecule has 0 spiro atoms. The molecule has 6 heteroatoms. The van der Waals surface area contributed by atoms with Crippen LogP contribution in [0.1, 0.15) is 5.56 Å². The van der Waals surface area contributed by atoms with Crippen molar-refractivity contribution >= 4 is 11.4 Å². The lowest BCUT2D eigenvalue weighted by Gasteiger charge is -1.96. The van der Waals surface area contributed by atoms with Gasteiger partial charge in [-0.1, -0.05) is 0 Å². The van der Waals surface area contributed by atoms with Crippen molar-refractivity contribution in [1.82, 2.24) is 0 Å². The smallest absolute Gasteiger partial charge is 0.258 e. The molecule has 0 aliphatic rings. The molecule has 0 aromatic heterocycles. The average Bonchev–Trinajstić information content (AvgIpc) is 2.03. The van der Waals surface area contributed by atoms with Crippen molar-refractivity contribution in [2.45, 2.75) is 6.92 Å². The van der Waals surface area contributed by atoms with Crippen LogP contribution in [-0.4, -0.2) is 9.85 Å². The minimum atomic E-state index is -0.668. The first-order chi connectivity index (χ1) is 6.04. The molecule has 0 fully saturated rings. The Morgan fingerprint density at radius 2 is 1.54 bits per heavy atom. The van der Waals surface area contributed by atoms with Gasteiger partial charge in [0.2, 0.25) is 0 Å². The van der Waals surface area contributed by atoms with E-state index in [2.05, 4.69) is 6.07 Å². The lowest BCUT2D eigenvalue weighted by atomic mass is 10.1. The first-order valence-electron chi connectivity index (χ1n) is 3.33. The summed E-state index contributed by atoms with van der Waals surface area (Å²) < 4.78 is 0. The maximum Gasteiger partial charge on any atom is 0.279 e. The largest absolute Gasteiger partial charge is 0.279 e. The summed E-state index contributed by atoms with van der Waals surface area (Å²) >= 11 is 0. The van der Waals surface area contributed by atoms with Gasteiger partial charge in [0.25, 0.3) is 11.4 Å². The van der Waals surface area contributed by atoms with Crippen molar-refractivity contribution in [1.29, 1.82) is 0 Å². The maximum absolute atomic E-state index is 10.4. The van der Waals surface area contributed by atoms with Crippen LogP contribution in [0.2, 0.25) is 0 Å². The fourth-order valence-corrected chi connectivity index (χ4v) is 0.927. The SMILES string of the molecule is Cc1c([N+](=O)[O-])c[c]cc1[N+](=O)[O-]. The molecule has 0 bridgehead atoms. The van der Waals surface area contributed by atoms with Crippen LogP contribution >= 0.6 is 0 Å². The highest BCUT2D eigenvalue weighted by molar-refractivity contribution is 5.51. The zero-order valence-corrected chi connectivity index (χ0v) is 6.68. The van der Waals surface area contributed by atoms with E-state index in [1.807, 2.05) is 0 Å². The Bertz CT molecular complexity index is 343. The first kappa shape index (κ1) is 9.11. The van der Waals surface area contributed by atoms with Gasteiger partial charge in [0, 0.05) is 12.1 Å². The first-order valence-corrected chi connectivity index (χ1v) is 3.33. The molecule has 1 aromatic carbocycles. The van der Waals surface area contributed by atoms with Crippen LogP contribution in [-0.2, 0) is 0 Å². The van der Waals surface area contributed by atoms with Crippen LogP contribution in [0.4, 0.5) is 11.4 Å². The van der Waals surface area contributed by atoms with Crippen LogP contribution < -0.4 is 0 Å². The number of benzene rings is 1. The van der Waals surface area contributed by atoms with Crippen molar-refractivity contribution in [2.24, 2.45) is 0 Å². The molecule has 0 amide bonds. The maximum atomic E-state index is 10.4. The van der Waals surface area contributed by atoms with Crippen molar-refractivity contribution in [3.8, 4) is 0 Å². The third kappa shape index (κ3) is 1.61. The molecule has 0 saturated carbocycles. The van der Waals surface area contributed by atoms with Crippen LogP contribution in [0.3, 0.4) is 0 Å². The summed E-state index contributed by atoms with van der Waals surface area (Å²) in [6.07, 6.45) is 0. The van der Waals surface area contributed by atoms with E-state index in [-0.39, 0.29) is 16.9 Å². The van der Waals surface area contributed by atoms with E-state index in [1.54, 1.807) is 0 Å². The fraction of sp³-hybridized carbons (Fsp3) is 0.143. The quantitative estimate of drug-likeness (QED) is 0.512. The van der Waals surface area contributed by atoms with Gasteiger partial charge in [-0.25, -0.2) is 0 Å². The molecule has 1 radical (unpaired) electrons. The molecule has 1 aromatic rings. The van der Waals surface area contributed by atoms with E-state index >= 15 is 0 Å². The van der Waals surface area contributed by atoms with E-state index in [1.165, 1.54) is 6.92 Å². The van der Waals surface area contributed by atoms with E-state index in [0.29, 0.717) is 0 Å². The predicted octanol–water partition coefficient (Wildman–Crippen LogP) is 1.61. The number of hydrogen-bond acceptors (Lipinski definition) is 4. The Hall–Kier alpha value is -1.98. The van der Waals surface area contributed by atoms with Gasteiger partial charge in [0.05, 0.1) is 9.85 Å². The molecule has 0 aliphatic heterocycles. The molecule has 0 atom stereocenters. The highest BCUT2D eigenvalue weighted by atomic mass is 16.6. The summed E-state index contributed by atoms with van der Waals surface area (Å²) in [5.74, 6) is 0. The number of hydrogen-bond donors (Lipinski definition) is 0. The Labute approximate surface area is 73.1 Å². The third-order valence-electron chi connectivity index (χ3n) is 1.60. The van der Waals surface area contributed by atoms with Gasteiger partial charge in [-0.3, -0.25) is 20.2 Å². The van der Waals surface area contributed by atoms with Crippen LogP contribution in [0, 0.1) is 33.2 Å². The summed E-state index contributed by atoms with van der Waals surface area (Å²) in [5.41, 5.74) is -0.517. The molecule has 0 aliphatic carbocycles. The van der Waals surface area contributed by atoms with Crippen molar-refractivity contribution in [3.63, 3.8) is 0 Å². The topological polar surface area (TPSA) is 86.3 Å². The van der Waals surface area contributed by atoms with Gasteiger partial charge in [-0.05, 0) is 13.0 Å². The third-order valence-corrected chi connectivity index (χ3v) is 1.60. The van der Waals surface area contributed by atoms with E-state index < -0.39 is 9.85 Å². The Balaban J connectivity index is 3.35. The average molecular weight is 181 g/mol. The highest BCUT2D eigenvalue weighted by Crippen LogP contribution is 2.25. The van der Waals surface area contributed by atoms with E-state index in [4.69, 9.17) is 0 Å². The van der Waals surface area contributed by atoms with Gasteiger partial charge < -0.3 is 0 Å². The Morgan fingerprint density at radius 3 is 1.85 bits per heavy atom. The number of nitro groups is 2. The summed E-state index contributed by atoms with van der Waals surface area (Å²) in [6.45, 7) is 1.34. The fourth-order valence-electron chi connectivity index (χ4n) is 0.927. The van der Waals surface area contributed by atoms with Crippen molar-refractivity contribution in [2.75, 3.05) is 0 Å². The van der Waals surface area contributed by atoms with Gasteiger partial charge in [0.1, 0.15) is 5.56 Å². The second kappa shape index (κ2) is 3.18. The van der Waals surface area contributed by atoms with Crippen molar-refractivity contribution < 1.29 is 9.85 Å². The van der Waals surface area contributed by atoms with Crippen LogP contribution in [0.25, 0.3) is 0 Å². The summed E-state index contributed by atoms with van der Waals surface area (Å²) in [4.78, 5) is 19.4. The molecule has 1 rings (SSSR count). The second-order valence-corrected chi connectivity index (χ2v) is 2.37. The van der Waals surface area contributed by atoms with Gasteiger partial charge in [0.15, 0.2) is 0 Å². The molecule has 67 valence electrons. The van der Waals surface area contributed by atoms with Crippen molar-refractivity contribution in [3.05, 3.63) is 44.0 Å². The normalized spacial score (nSPS) is 9.62. The zero-order chi connectivity index (χ0) is 10.0. The van der Waals surface area contributed by atoms with Gasteiger partial charge in [-0.15, -0.1) is 0 Å². The molecule has 0 heterocycles. The molecule has 0 unspecified atom stereocenters. The number of nitro benzene ring substituents is 2. The minimum absolute atomic E-state index is 0.0498. The van der Waals surface area contributed by atoms with E-state index in [9.17, 15) is 20.2 Å². The molecule has 13 heavy (non-hydrogen) atoms. The highest BCUT2D eigenvalue weighted by Gasteiger charge is 2.19. The summed E-state index contributed by atoms with van der Waals surface area (Å²) in [6, 6.07) is 4.58. The zero-order valence-electron chi connectivity index (χ0n) is 6.68. The van der Waals surface area contributed by atoms with Gasteiger partial charge in [-0.2, -0.15) is 0 Å². The number of rotatable bonds is 2. The Kier molecular flexibility index (Phi) is 2.23.